The van der Waals surface area contributed by atoms with Crippen LogP contribution in [0.25, 0.3) is 10.1 Å². The molecule has 1 unspecified atom stereocenters. The van der Waals surface area contributed by atoms with Crippen LogP contribution >= 0.6 is 22.9 Å². The Kier molecular flexibility index (Phi) is 9.62. The molecule has 48 heavy (non-hydrogen) atoms. The van der Waals surface area contributed by atoms with E-state index in [0.29, 0.717) is 36.0 Å². The highest BCUT2D eigenvalue weighted by Crippen LogP contribution is 2.60. The molecule has 0 aliphatic heterocycles. The van der Waals surface area contributed by atoms with Crippen molar-refractivity contribution >= 4 is 53.1 Å². The van der Waals surface area contributed by atoms with Crippen LogP contribution in [-0.2, 0) is 11.0 Å². The number of fused-ring (bicyclic) bond motifs is 1. The first-order valence-corrected chi connectivity index (χ1v) is 22.4. The second kappa shape index (κ2) is 13.5. The van der Waals surface area contributed by atoms with Crippen molar-refractivity contribution in [3.05, 3.63) is 45.9 Å². The molecule has 1 aromatic carbocycles. The second-order valence-electron chi connectivity index (χ2n) is 17.1. The fourth-order valence-electron chi connectivity index (χ4n) is 9.41. The largest absolute Gasteiger partial charge is 0.414 e. The van der Waals surface area contributed by atoms with Gasteiger partial charge in [-0.2, -0.15) is 10.2 Å². The summed E-state index contributed by atoms with van der Waals surface area (Å²) in [5, 5.41) is 25.4. The average Bonchev–Trinajstić information content (AvgIpc) is 3.44. The van der Waals surface area contributed by atoms with E-state index in [1.54, 1.807) is 17.5 Å². The lowest BCUT2D eigenvalue weighted by molar-refractivity contribution is -0.0704. The van der Waals surface area contributed by atoms with Crippen LogP contribution in [0.1, 0.15) is 89.7 Å². The Morgan fingerprint density at radius 3 is 2.54 bits per heavy atom. The van der Waals surface area contributed by atoms with Gasteiger partial charge >= 0.3 is 0 Å². The lowest BCUT2D eigenvalue weighted by Gasteiger charge is -2.60. The number of halogens is 1. The highest BCUT2D eigenvalue weighted by atomic mass is 35.5. The van der Waals surface area contributed by atoms with Crippen LogP contribution in [0.15, 0.2) is 29.8 Å². The van der Waals surface area contributed by atoms with Crippen molar-refractivity contribution in [1.29, 1.82) is 5.26 Å². The van der Waals surface area contributed by atoms with Gasteiger partial charge < -0.3 is 20.4 Å². The molecule has 2 heterocycles. The number of hydrogen-bond acceptors (Lipinski definition) is 8. The van der Waals surface area contributed by atoms with Crippen LogP contribution < -0.4 is 16.0 Å². The molecule has 5 fully saturated rings. The summed E-state index contributed by atoms with van der Waals surface area (Å²) in [6.45, 7) is 14.5. The van der Waals surface area contributed by atoms with Crippen LogP contribution in [0.4, 0.5) is 11.8 Å². The molecule has 3 N–H and O–H groups in total. The molecule has 0 radical (unpaired) electrons. The first-order valence-electron chi connectivity index (χ1n) is 18.2. The lowest BCUT2D eigenvalue weighted by Crippen LogP contribution is -2.60. The van der Waals surface area contributed by atoms with Gasteiger partial charge in [-0.15, -0.1) is 11.3 Å². The van der Waals surface area contributed by atoms with Crippen molar-refractivity contribution < 1.29 is 4.43 Å². The van der Waals surface area contributed by atoms with Gasteiger partial charge in [0.05, 0.1) is 6.20 Å². The van der Waals surface area contributed by atoms with Crippen LogP contribution in [0, 0.1) is 40.4 Å². The van der Waals surface area contributed by atoms with E-state index < -0.39 is 8.32 Å². The number of thiophene rings is 1. The summed E-state index contributed by atoms with van der Waals surface area (Å²) in [5.74, 6) is 4.29. The normalized spacial score (nSPS) is 30.0. The Morgan fingerprint density at radius 2 is 1.83 bits per heavy atom. The van der Waals surface area contributed by atoms with E-state index >= 15 is 0 Å². The highest BCUT2D eigenvalue weighted by molar-refractivity contribution is 7.17. The molecule has 0 saturated heterocycles. The molecule has 5 atom stereocenters. The highest BCUT2D eigenvalue weighted by Gasteiger charge is 2.55. The van der Waals surface area contributed by atoms with Crippen molar-refractivity contribution in [2.45, 2.75) is 115 Å². The molecule has 258 valence electrons. The van der Waals surface area contributed by atoms with Crippen molar-refractivity contribution in [2.24, 2.45) is 29.1 Å². The Morgan fingerprint density at radius 1 is 1.08 bits per heavy atom. The van der Waals surface area contributed by atoms with Crippen molar-refractivity contribution in [1.82, 2.24) is 15.3 Å². The number of anilines is 2. The molecule has 5 aliphatic carbocycles. The van der Waals surface area contributed by atoms with Crippen LogP contribution in [-0.4, -0.2) is 43.5 Å². The molecule has 7 nitrogen and oxygen atoms in total. The Labute approximate surface area is 297 Å². The Hall–Kier alpha value is -2.22. The summed E-state index contributed by atoms with van der Waals surface area (Å²) in [6, 6.07) is 8.97. The van der Waals surface area contributed by atoms with E-state index in [0.717, 1.165) is 47.2 Å². The molecule has 4 bridgehead atoms. The predicted octanol–water partition coefficient (Wildman–Crippen LogP) is 9.61. The van der Waals surface area contributed by atoms with E-state index in [-0.39, 0.29) is 10.5 Å². The quantitative estimate of drug-likeness (QED) is 0.171. The number of rotatable bonds is 11. The molecular formula is C38H53ClN6OSSi. The summed E-state index contributed by atoms with van der Waals surface area (Å²) < 4.78 is 7.99. The molecular weight excluding hydrogens is 652 g/mol. The predicted molar refractivity (Wildman–Crippen MR) is 201 cm³/mol. The van der Waals surface area contributed by atoms with Gasteiger partial charge in [0, 0.05) is 35.0 Å². The number of benzene rings is 1. The van der Waals surface area contributed by atoms with Crippen LogP contribution in [0.3, 0.4) is 0 Å². The Balaban J connectivity index is 0.928. The third-order valence-corrected chi connectivity index (χ3v) is 18.5. The maximum atomic E-state index is 9.88. The van der Waals surface area contributed by atoms with Crippen molar-refractivity contribution in [3.8, 4) is 6.07 Å². The van der Waals surface area contributed by atoms with E-state index in [4.69, 9.17) is 21.0 Å². The zero-order valence-electron chi connectivity index (χ0n) is 29.4. The van der Waals surface area contributed by atoms with E-state index in [9.17, 15) is 5.26 Å². The van der Waals surface area contributed by atoms with Gasteiger partial charge in [0.2, 0.25) is 5.95 Å². The zero-order valence-corrected chi connectivity index (χ0v) is 31.9. The number of nitrogens with zero attached hydrogens (tertiary/aromatic N) is 3. The molecule has 5 saturated carbocycles. The fraction of sp³-hybridized carbons (Fsp3) is 0.658. The topological polar surface area (TPSA) is 94.9 Å². The molecule has 10 heteroatoms. The van der Waals surface area contributed by atoms with Gasteiger partial charge in [-0.05, 0) is 146 Å². The fourth-order valence-corrected chi connectivity index (χ4v) is 12.0. The maximum Gasteiger partial charge on any atom is 0.224 e. The third-order valence-electron chi connectivity index (χ3n) is 12.7. The lowest BCUT2D eigenvalue weighted by atomic mass is 9.48. The maximum absolute atomic E-state index is 9.88. The average molecular weight is 705 g/mol. The van der Waals surface area contributed by atoms with Gasteiger partial charge in [-0.25, -0.2) is 4.98 Å². The molecule has 8 rings (SSSR count). The summed E-state index contributed by atoms with van der Waals surface area (Å²) in [5.41, 5.74) is 1.95. The summed E-state index contributed by atoms with van der Waals surface area (Å²) >= 11 is 7.98. The van der Waals surface area contributed by atoms with Gasteiger partial charge in [0.1, 0.15) is 17.5 Å². The van der Waals surface area contributed by atoms with Gasteiger partial charge in [-0.1, -0.05) is 32.4 Å². The number of aromatic nitrogens is 2. The molecule has 5 aliphatic rings. The minimum Gasteiger partial charge on any atom is -0.414 e. The van der Waals surface area contributed by atoms with Crippen molar-refractivity contribution in [2.75, 3.05) is 23.7 Å². The van der Waals surface area contributed by atoms with Crippen molar-refractivity contribution in [3.63, 3.8) is 0 Å². The minimum atomic E-state index is -1.70. The smallest absolute Gasteiger partial charge is 0.224 e. The molecule has 0 amide bonds. The number of nitrogens with one attached hydrogen (secondary N) is 3. The molecule has 3 aromatic rings. The first-order chi connectivity index (χ1) is 22.9. The van der Waals surface area contributed by atoms with Crippen LogP contribution in [0.5, 0.6) is 0 Å². The first kappa shape index (κ1) is 34.2. The van der Waals surface area contributed by atoms with E-state index in [1.807, 2.05) is 12.1 Å². The molecule has 2 aromatic heterocycles. The third kappa shape index (κ3) is 7.16. The van der Waals surface area contributed by atoms with Gasteiger partial charge in [0.25, 0.3) is 0 Å². The van der Waals surface area contributed by atoms with E-state index in [1.165, 1.54) is 68.1 Å². The summed E-state index contributed by atoms with van der Waals surface area (Å²) in [4.78, 5) is 9.25. The van der Waals surface area contributed by atoms with Gasteiger partial charge in [-0.3, -0.25) is 0 Å². The van der Waals surface area contributed by atoms with Crippen LogP contribution in [0.2, 0.25) is 23.2 Å². The standard InChI is InChI=1S/C38H53ClN6OSSi/c1-37(2,3)48(4,5)46-31-9-6-24(7-10-31)19-41-34-26-12-25-13-27(34)17-38(15-25,16-26)23-44-35-28(18-40)20-42-36(45-35)43-21-29-22-47-33-11-8-30(39)14-32(29)33/h8,11,14,20,22,24-27,31,34,41H,6-7,9-10,12-13,15-17,19,21,23H2,1-5H3,(H2,42,43,44,45)/t24-,25?,26-,27+,31-,34-,38-. The SMILES string of the molecule is CC(C)(C)[Si](C)(C)O[C@H]1CC[C@H](CN[C@@H]2[C@@H]3CC4C[C@H]2C[C@@](CNc2nc(NCc5csc6ccc(Cl)cc56)ncc2C#N)(C4)C3)CC1. The van der Waals surface area contributed by atoms with Gasteiger partial charge in [0.15, 0.2) is 8.32 Å². The molecule has 0 spiro atoms. The van der Waals surface area contributed by atoms with E-state index in [2.05, 4.69) is 72.3 Å². The Bertz CT molecular complexity index is 1640. The monoisotopic (exact) mass is 704 g/mol. The summed E-state index contributed by atoms with van der Waals surface area (Å²) in [7, 11) is -1.70. The second-order valence-corrected chi connectivity index (χ2v) is 23.2. The minimum absolute atomic E-state index is 0.279. The number of nitriles is 1. The number of hydrogen-bond donors (Lipinski definition) is 3. The summed E-state index contributed by atoms with van der Waals surface area (Å²) in [6.07, 6.45) is 13.7. The zero-order chi connectivity index (χ0) is 33.7.